The molecule has 3 N–H and O–H groups in total. The van der Waals surface area contributed by atoms with E-state index in [9.17, 15) is 9.59 Å². The first-order valence-electron chi connectivity index (χ1n) is 5.77. The summed E-state index contributed by atoms with van der Waals surface area (Å²) in [6.45, 7) is 0.0933. The second kappa shape index (κ2) is 5.79. The number of anilines is 1. The first-order chi connectivity index (χ1) is 9.35. The van der Waals surface area contributed by atoms with Gasteiger partial charge in [-0.1, -0.05) is 23.2 Å². The molecule has 1 aliphatic carbocycles. The second-order valence-corrected chi connectivity index (χ2v) is 6.23. The molecule has 0 bridgehead atoms. The molecule has 8 heteroatoms. The van der Waals surface area contributed by atoms with E-state index in [0.717, 1.165) is 0 Å². The Morgan fingerprint density at radius 1 is 1.30 bits per heavy atom. The zero-order valence-electron chi connectivity index (χ0n) is 10.2. The summed E-state index contributed by atoms with van der Waals surface area (Å²) in [5.74, 6) is -0.887. The molecule has 0 radical (unpaired) electrons. The van der Waals surface area contributed by atoms with Gasteiger partial charge in [0.25, 0.3) is 0 Å². The predicted molar refractivity (Wildman–Crippen MR) is 80.5 cm³/mol. The van der Waals surface area contributed by atoms with Crippen LogP contribution in [0.1, 0.15) is 12.8 Å². The van der Waals surface area contributed by atoms with Gasteiger partial charge in [0.1, 0.15) is 0 Å². The lowest BCUT2D eigenvalue weighted by atomic mass is 10.1. The Kier molecular flexibility index (Phi) is 4.46. The van der Waals surface area contributed by atoms with Gasteiger partial charge in [-0.15, -0.1) is 0 Å². The highest BCUT2D eigenvalue weighted by atomic mass is 79.9. The third kappa shape index (κ3) is 3.19. The molecule has 2 rings (SSSR count). The average Bonchev–Trinajstić information content (AvgIpc) is 3.18. The molecular formula is C12H11BrCl2N2O3. The van der Waals surface area contributed by atoms with Crippen molar-refractivity contribution in [2.45, 2.75) is 12.8 Å². The third-order valence-corrected chi connectivity index (χ3v) is 4.95. The Balaban J connectivity index is 1.96. The van der Waals surface area contributed by atoms with Crippen molar-refractivity contribution in [2.75, 3.05) is 11.9 Å². The van der Waals surface area contributed by atoms with Crippen molar-refractivity contribution < 1.29 is 14.7 Å². The number of halogens is 3. The summed E-state index contributed by atoms with van der Waals surface area (Å²) in [6, 6.07) is 2.74. The Hall–Kier alpha value is -0.980. The average molecular weight is 382 g/mol. The van der Waals surface area contributed by atoms with Crippen molar-refractivity contribution in [3.05, 3.63) is 26.7 Å². The maximum Gasteiger partial charge on any atom is 0.319 e. The fraction of sp³-hybridized carbons (Fsp3) is 0.333. The van der Waals surface area contributed by atoms with Crippen LogP contribution in [0.4, 0.5) is 10.5 Å². The predicted octanol–water partition coefficient (Wildman–Crippen LogP) is 3.74. The molecule has 0 atom stereocenters. The van der Waals surface area contributed by atoms with Crippen LogP contribution in [0.3, 0.4) is 0 Å². The van der Waals surface area contributed by atoms with E-state index in [1.807, 2.05) is 0 Å². The third-order valence-electron chi connectivity index (χ3n) is 3.18. The molecular weight excluding hydrogens is 371 g/mol. The fourth-order valence-electron chi connectivity index (χ4n) is 1.66. The Labute approximate surface area is 133 Å². The molecule has 1 aliphatic rings. The molecule has 20 heavy (non-hydrogen) atoms. The van der Waals surface area contributed by atoms with E-state index in [4.69, 9.17) is 28.3 Å². The highest BCUT2D eigenvalue weighted by molar-refractivity contribution is 9.10. The van der Waals surface area contributed by atoms with Gasteiger partial charge in [-0.05, 0) is 40.9 Å². The largest absolute Gasteiger partial charge is 0.481 e. The number of benzene rings is 1. The maximum atomic E-state index is 11.7. The summed E-state index contributed by atoms with van der Waals surface area (Å²) >= 11 is 15.2. The maximum absolute atomic E-state index is 11.7. The number of hydrogen-bond acceptors (Lipinski definition) is 2. The Bertz CT molecular complexity index is 576. The Morgan fingerprint density at radius 2 is 1.95 bits per heavy atom. The number of nitrogens with one attached hydrogen (secondary N) is 2. The van der Waals surface area contributed by atoms with Crippen LogP contribution in [0.25, 0.3) is 0 Å². The van der Waals surface area contributed by atoms with Gasteiger partial charge >= 0.3 is 12.0 Å². The first kappa shape index (κ1) is 15.4. The molecule has 2 amide bonds. The standard InChI is InChI=1S/C12H11BrCl2N2O3/c13-6-1-2-7(9(15)8(6)14)17-11(20)16-5-12(3-4-12)10(18)19/h1-2H,3-5H2,(H,18,19)(H2,16,17,20). The van der Waals surface area contributed by atoms with Crippen LogP contribution in [0.15, 0.2) is 16.6 Å². The van der Waals surface area contributed by atoms with Gasteiger partial charge in [0.05, 0.1) is 21.1 Å². The minimum Gasteiger partial charge on any atom is -0.481 e. The highest BCUT2D eigenvalue weighted by Crippen LogP contribution is 2.45. The quantitative estimate of drug-likeness (QED) is 0.695. The molecule has 0 aromatic heterocycles. The van der Waals surface area contributed by atoms with Gasteiger partial charge in [0.2, 0.25) is 0 Å². The fourth-order valence-corrected chi connectivity index (χ4v) is 2.48. The Morgan fingerprint density at radius 3 is 2.50 bits per heavy atom. The van der Waals surface area contributed by atoms with Crippen LogP contribution in [-0.2, 0) is 4.79 Å². The summed E-state index contributed by atoms with van der Waals surface area (Å²) in [5.41, 5.74) is -0.448. The zero-order chi connectivity index (χ0) is 14.9. The molecule has 1 aromatic carbocycles. The summed E-state index contributed by atoms with van der Waals surface area (Å²) in [7, 11) is 0. The number of hydrogen-bond donors (Lipinski definition) is 3. The first-order valence-corrected chi connectivity index (χ1v) is 7.32. The van der Waals surface area contributed by atoms with E-state index in [1.54, 1.807) is 12.1 Å². The van der Waals surface area contributed by atoms with Crippen LogP contribution in [0, 0.1) is 5.41 Å². The van der Waals surface area contributed by atoms with E-state index in [1.165, 1.54) is 0 Å². The van der Waals surface area contributed by atoms with E-state index in [-0.39, 0.29) is 11.6 Å². The SMILES string of the molecule is O=C(NCC1(C(=O)O)CC1)Nc1ccc(Br)c(Cl)c1Cl. The number of aliphatic carboxylic acids is 1. The highest BCUT2D eigenvalue weighted by Gasteiger charge is 2.50. The number of carboxylic acid groups (broad SMARTS) is 1. The van der Waals surface area contributed by atoms with E-state index in [0.29, 0.717) is 28.0 Å². The normalized spacial score (nSPS) is 15.6. The topological polar surface area (TPSA) is 78.4 Å². The van der Waals surface area contributed by atoms with Crippen LogP contribution < -0.4 is 10.6 Å². The molecule has 0 aliphatic heterocycles. The van der Waals surface area contributed by atoms with Gasteiger partial charge in [0, 0.05) is 11.0 Å². The summed E-state index contributed by atoms with van der Waals surface area (Å²) in [6.07, 6.45) is 1.15. The number of carboxylic acids is 1. The molecule has 108 valence electrons. The van der Waals surface area contributed by atoms with Gasteiger partial charge in [-0.2, -0.15) is 0 Å². The number of urea groups is 1. The van der Waals surface area contributed by atoms with Crippen molar-refractivity contribution >= 4 is 56.8 Å². The van der Waals surface area contributed by atoms with Crippen LogP contribution >= 0.6 is 39.1 Å². The van der Waals surface area contributed by atoms with E-state index < -0.39 is 17.4 Å². The molecule has 0 spiro atoms. The van der Waals surface area contributed by atoms with Crippen molar-refractivity contribution in [3.8, 4) is 0 Å². The number of rotatable bonds is 4. The van der Waals surface area contributed by atoms with Gasteiger partial charge in [-0.25, -0.2) is 4.79 Å². The smallest absolute Gasteiger partial charge is 0.319 e. The minimum atomic E-state index is -0.887. The monoisotopic (exact) mass is 380 g/mol. The van der Waals surface area contributed by atoms with E-state index in [2.05, 4.69) is 26.6 Å². The summed E-state index contributed by atoms with van der Waals surface area (Å²) < 4.78 is 0.623. The molecule has 1 fully saturated rings. The van der Waals surface area contributed by atoms with Crippen LogP contribution in [0.5, 0.6) is 0 Å². The van der Waals surface area contributed by atoms with Crippen molar-refractivity contribution in [3.63, 3.8) is 0 Å². The molecule has 0 heterocycles. The molecule has 1 saturated carbocycles. The summed E-state index contributed by atoms with van der Waals surface area (Å²) in [5, 5.41) is 14.6. The number of carbonyl (C=O) groups excluding carboxylic acids is 1. The lowest BCUT2D eigenvalue weighted by Gasteiger charge is -2.13. The van der Waals surface area contributed by atoms with E-state index >= 15 is 0 Å². The molecule has 5 nitrogen and oxygen atoms in total. The lowest BCUT2D eigenvalue weighted by molar-refractivity contribution is -0.143. The van der Waals surface area contributed by atoms with Crippen molar-refractivity contribution in [1.29, 1.82) is 0 Å². The minimum absolute atomic E-state index is 0.0933. The van der Waals surface area contributed by atoms with Crippen LogP contribution in [0.2, 0.25) is 10.0 Å². The number of carbonyl (C=O) groups is 2. The lowest BCUT2D eigenvalue weighted by Crippen LogP contribution is -2.36. The van der Waals surface area contributed by atoms with Gasteiger partial charge in [0.15, 0.2) is 0 Å². The van der Waals surface area contributed by atoms with Crippen molar-refractivity contribution in [2.24, 2.45) is 5.41 Å². The molecule has 0 saturated heterocycles. The number of amides is 2. The molecule has 1 aromatic rings. The van der Waals surface area contributed by atoms with Crippen molar-refractivity contribution in [1.82, 2.24) is 5.32 Å². The van der Waals surface area contributed by atoms with Gasteiger partial charge in [-0.3, -0.25) is 4.79 Å². The molecule has 0 unspecified atom stereocenters. The summed E-state index contributed by atoms with van der Waals surface area (Å²) in [4.78, 5) is 22.7. The second-order valence-electron chi connectivity index (χ2n) is 4.62. The zero-order valence-corrected chi connectivity index (χ0v) is 13.3. The van der Waals surface area contributed by atoms with Crippen LogP contribution in [-0.4, -0.2) is 23.7 Å². The van der Waals surface area contributed by atoms with Gasteiger partial charge < -0.3 is 15.7 Å².